The van der Waals surface area contributed by atoms with Gasteiger partial charge in [-0.25, -0.2) is 0 Å². The lowest BCUT2D eigenvalue weighted by Crippen LogP contribution is -2.65. The Morgan fingerprint density at radius 2 is 1.24 bits per heavy atom. The summed E-state index contributed by atoms with van der Waals surface area (Å²) >= 11 is 0. The highest BCUT2D eigenvalue weighted by atomic mass is 16.8. The fourth-order valence-electron chi connectivity index (χ4n) is 15.7. The van der Waals surface area contributed by atoms with E-state index in [9.17, 15) is 56.2 Å². The third-order valence-electron chi connectivity index (χ3n) is 20.0. The molecule has 31 unspecified atom stereocenters. The van der Waals surface area contributed by atoms with E-state index in [1.807, 2.05) is 0 Å². The molecule has 408 valence electrons. The summed E-state index contributed by atoms with van der Waals surface area (Å²) in [5.41, 5.74) is 0.369. The first-order valence-corrected chi connectivity index (χ1v) is 26.6. The first-order chi connectivity index (χ1) is 33.7. The van der Waals surface area contributed by atoms with Crippen LogP contribution >= 0.6 is 0 Å². The molecule has 0 aromatic carbocycles. The van der Waals surface area contributed by atoms with Crippen LogP contribution in [0, 0.1) is 52.3 Å². The van der Waals surface area contributed by atoms with Crippen molar-refractivity contribution < 1.29 is 104 Å². The summed E-state index contributed by atoms with van der Waals surface area (Å²) < 4.78 is 60.5. The molecule has 10 aliphatic rings. The van der Waals surface area contributed by atoms with E-state index in [4.69, 9.17) is 47.4 Å². The monoisotopic (exact) mass is 1020 g/mol. The maximum atomic E-state index is 11.2. The van der Waals surface area contributed by atoms with Crippen molar-refractivity contribution in [3.05, 3.63) is 0 Å². The predicted molar refractivity (Wildman–Crippen MR) is 241 cm³/mol. The van der Waals surface area contributed by atoms with Gasteiger partial charge in [0, 0.05) is 12.3 Å². The Balaban J connectivity index is 0.721. The molecule has 0 amide bonds. The maximum Gasteiger partial charge on any atom is 0.187 e. The Kier molecular flexibility index (Phi) is 15.5. The SMILES string of the molecule is CC1CCC2(OC1)OC1CC3C4CCC5CC(OC6OC(COC7OCC(OC8OC(C)C(O)C(O)C8OC8OC(CO)C(O)C(O)C8O)C(O)C7O)C(O)C(O)C6O)CCC5(C)C4CCC3(C)C1C2C. The van der Waals surface area contributed by atoms with Gasteiger partial charge >= 0.3 is 0 Å². The van der Waals surface area contributed by atoms with E-state index in [0.29, 0.717) is 41.4 Å². The lowest BCUT2D eigenvalue weighted by atomic mass is 9.44. The zero-order chi connectivity index (χ0) is 50.6. The van der Waals surface area contributed by atoms with Crippen LogP contribution in [-0.2, 0) is 47.4 Å². The minimum absolute atomic E-state index is 0.140. The summed E-state index contributed by atoms with van der Waals surface area (Å²) in [6.07, 6.45) is -19.2. The Morgan fingerprint density at radius 3 is 1.94 bits per heavy atom. The van der Waals surface area contributed by atoms with Crippen molar-refractivity contribution in [3.8, 4) is 0 Å². The van der Waals surface area contributed by atoms with Crippen molar-refractivity contribution in [2.75, 3.05) is 26.4 Å². The second kappa shape index (κ2) is 20.5. The van der Waals surface area contributed by atoms with Crippen molar-refractivity contribution in [2.45, 2.75) is 234 Å². The van der Waals surface area contributed by atoms with Gasteiger partial charge < -0.3 is 104 Å². The van der Waals surface area contributed by atoms with Crippen molar-refractivity contribution in [3.63, 3.8) is 0 Å². The van der Waals surface area contributed by atoms with Crippen LogP contribution in [0.15, 0.2) is 0 Å². The highest BCUT2D eigenvalue weighted by Crippen LogP contribution is 2.71. The van der Waals surface area contributed by atoms with Gasteiger partial charge in [0.25, 0.3) is 0 Å². The van der Waals surface area contributed by atoms with Gasteiger partial charge in [-0.15, -0.1) is 0 Å². The lowest BCUT2D eigenvalue weighted by Gasteiger charge is -2.61. The van der Waals surface area contributed by atoms with Crippen LogP contribution in [0.5, 0.6) is 0 Å². The van der Waals surface area contributed by atoms with Gasteiger partial charge in [-0.3, -0.25) is 0 Å². The fraction of sp³-hybridized carbons (Fsp3) is 1.00. The average Bonchev–Trinajstić information content (AvgIpc) is 3.80. The molecule has 71 heavy (non-hydrogen) atoms. The smallest absolute Gasteiger partial charge is 0.187 e. The van der Waals surface area contributed by atoms with Crippen molar-refractivity contribution in [1.82, 2.24) is 0 Å². The Labute approximate surface area is 414 Å². The van der Waals surface area contributed by atoms with Crippen LogP contribution in [0.2, 0.25) is 0 Å². The third kappa shape index (κ3) is 9.30. The first kappa shape index (κ1) is 53.6. The Morgan fingerprint density at radius 1 is 0.563 bits per heavy atom. The van der Waals surface area contributed by atoms with E-state index in [2.05, 4.69) is 27.7 Å². The maximum absolute atomic E-state index is 11.2. The summed E-state index contributed by atoms with van der Waals surface area (Å²) in [5, 5.41) is 118. The average molecular weight is 1020 g/mol. The predicted octanol–water partition coefficient (Wildman–Crippen LogP) is -1.24. The molecule has 11 N–H and O–H groups in total. The van der Waals surface area contributed by atoms with Gasteiger partial charge in [0.15, 0.2) is 30.9 Å². The van der Waals surface area contributed by atoms with E-state index in [1.54, 1.807) is 0 Å². The van der Waals surface area contributed by atoms with Crippen LogP contribution in [0.3, 0.4) is 0 Å². The van der Waals surface area contributed by atoms with Crippen molar-refractivity contribution in [1.29, 1.82) is 0 Å². The normalized spacial score (nSPS) is 58.5. The Hall–Kier alpha value is -0.840. The molecule has 4 saturated carbocycles. The van der Waals surface area contributed by atoms with Crippen LogP contribution in [0.4, 0.5) is 0 Å². The molecule has 0 bridgehead atoms. The molecule has 0 radical (unpaired) electrons. The molecule has 0 aromatic rings. The van der Waals surface area contributed by atoms with E-state index in [-0.39, 0.29) is 23.0 Å². The summed E-state index contributed by atoms with van der Waals surface area (Å²) in [6.45, 7) is 10.3. The molecule has 6 saturated heterocycles. The lowest BCUT2D eigenvalue weighted by molar-refractivity contribution is -0.380. The second-order valence-electron chi connectivity index (χ2n) is 23.9. The molecule has 31 atom stereocenters. The second-order valence-corrected chi connectivity index (χ2v) is 23.9. The Bertz CT molecular complexity index is 1810. The molecule has 10 fully saturated rings. The van der Waals surface area contributed by atoms with Crippen LogP contribution in [-0.4, -0.2) is 217 Å². The van der Waals surface area contributed by atoms with E-state index >= 15 is 0 Å². The quantitative estimate of drug-likeness (QED) is 0.114. The molecular weight excluding hydrogens is 937 g/mol. The van der Waals surface area contributed by atoms with Gasteiger partial charge in [-0.05, 0) is 111 Å². The van der Waals surface area contributed by atoms with Crippen LogP contribution in [0.1, 0.15) is 98.8 Å². The molecule has 21 heteroatoms. The standard InChI is InChI=1S/C50H82O21/c1-20-8-13-50(64-17-20)21(2)32-28(71-50)15-27-25-7-6-23-14-24(9-11-48(23,4)26(25)10-12-49(27,32)5)66-45-41(60)38(57)35(54)30(68-45)18-62-44-40(59)36(55)31(19-63-44)69-47-43(39(58)33(52)22(3)65-47)70-46-42(61)37(56)34(53)29(16-51)67-46/h20-47,51-61H,6-19H2,1-5H3. The summed E-state index contributed by atoms with van der Waals surface area (Å²) in [5.74, 6) is 3.31. The van der Waals surface area contributed by atoms with Gasteiger partial charge in [0.2, 0.25) is 0 Å². The van der Waals surface area contributed by atoms with Crippen molar-refractivity contribution >= 4 is 0 Å². The number of aliphatic hydroxyl groups excluding tert-OH is 11. The van der Waals surface area contributed by atoms with Gasteiger partial charge in [0.05, 0.1) is 44.7 Å². The summed E-state index contributed by atoms with van der Waals surface area (Å²) in [6, 6.07) is 0. The van der Waals surface area contributed by atoms with Crippen LogP contribution in [0.25, 0.3) is 0 Å². The highest BCUT2D eigenvalue weighted by molar-refractivity contribution is 5.15. The van der Waals surface area contributed by atoms with Gasteiger partial charge in [0.1, 0.15) is 85.5 Å². The van der Waals surface area contributed by atoms with E-state index in [0.717, 1.165) is 58.0 Å². The number of aliphatic hydroxyl groups is 11. The number of ether oxygens (including phenoxy) is 10. The van der Waals surface area contributed by atoms with Gasteiger partial charge in [-0.2, -0.15) is 0 Å². The molecule has 1 spiro atoms. The molecule has 21 nitrogen and oxygen atoms in total. The molecule has 10 rings (SSSR count). The largest absolute Gasteiger partial charge is 0.394 e. The van der Waals surface area contributed by atoms with E-state index in [1.165, 1.54) is 19.8 Å². The van der Waals surface area contributed by atoms with Crippen molar-refractivity contribution in [2.24, 2.45) is 52.3 Å². The fourth-order valence-corrected chi connectivity index (χ4v) is 15.7. The third-order valence-corrected chi connectivity index (χ3v) is 20.0. The number of fused-ring (bicyclic) bond motifs is 7. The number of rotatable bonds is 10. The summed E-state index contributed by atoms with van der Waals surface area (Å²) in [4.78, 5) is 0. The number of hydrogen-bond acceptors (Lipinski definition) is 21. The molecule has 0 aromatic heterocycles. The molecule has 6 heterocycles. The minimum atomic E-state index is -1.86. The molecule has 4 aliphatic carbocycles. The zero-order valence-corrected chi connectivity index (χ0v) is 41.6. The molecule has 6 aliphatic heterocycles. The van der Waals surface area contributed by atoms with Gasteiger partial charge in [-0.1, -0.05) is 27.7 Å². The number of hydrogen-bond donors (Lipinski definition) is 11. The van der Waals surface area contributed by atoms with Crippen LogP contribution < -0.4 is 0 Å². The first-order valence-electron chi connectivity index (χ1n) is 26.6. The highest BCUT2D eigenvalue weighted by Gasteiger charge is 2.69. The van der Waals surface area contributed by atoms with E-state index < -0.39 is 142 Å². The molecular formula is C50H82O21. The zero-order valence-electron chi connectivity index (χ0n) is 41.6. The summed E-state index contributed by atoms with van der Waals surface area (Å²) in [7, 11) is 0. The minimum Gasteiger partial charge on any atom is -0.394 e. The topological polar surface area (TPSA) is 315 Å².